The minimum atomic E-state index is 0.0601. The Morgan fingerprint density at radius 2 is 2.12 bits per heavy atom. The number of nitrogens with zero attached hydrogens (tertiary/aromatic N) is 3. The van der Waals surface area contributed by atoms with Gasteiger partial charge in [-0.2, -0.15) is 5.26 Å². The molecule has 2 aliphatic rings. The highest BCUT2D eigenvalue weighted by molar-refractivity contribution is 4.90. The van der Waals surface area contributed by atoms with Gasteiger partial charge in [0.1, 0.15) is 0 Å². The average molecular weight is 223 g/mol. The fraction of sp³-hybridized carbons (Fsp3) is 0.917. The van der Waals surface area contributed by atoms with Crippen molar-refractivity contribution in [3.8, 4) is 6.07 Å². The Kier molecular flexibility index (Phi) is 4.16. The van der Waals surface area contributed by atoms with Crippen LogP contribution in [0, 0.1) is 11.3 Å². The Balaban J connectivity index is 1.70. The molecular formula is C12H21N3O. The molecular weight excluding hydrogens is 202 g/mol. The smallest absolute Gasteiger partial charge is 0.0950 e. The fourth-order valence-corrected chi connectivity index (χ4v) is 2.49. The Morgan fingerprint density at radius 3 is 2.69 bits per heavy atom. The van der Waals surface area contributed by atoms with Gasteiger partial charge in [0, 0.05) is 39.3 Å². The first-order valence-corrected chi connectivity index (χ1v) is 6.27. The van der Waals surface area contributed by atoms with Gasteiger partial charge < -0.3 is 4.74 Å². The van der Waals surface area contributed by atoms with E-state index < -0.39 is 0 Å². The van der Waals surface area contributed by atoms with Crippen LogP contribution in [0.1, 0.15) is 19.8 Å². The third-order valence-corrected chi connectivity index (χ3v) is 3.63. The molecule has 0 N–H and O–H groups in total. The second kappa shape index (κ2) is 5.62. The number of hydrogen-bond donors (Lipinski definition) is 0. The van der Waals surface area contributed by atoms with Crippen molar-refractivity contribution in [2.75, 3.05) is 39.3 Å². The lowest BCUT2D eigenvalue weighted by atomic mass is 10.2. The van der Waals surface area contributed by atoms with E-state index in [-0.39, 0.29) is 6.04 Å². The quantitative estimate of drug-likeness (QED) is 0.706. The second-order valence-corrected chi connectivity index (χ2v) is 4.78. The van der Waals surface area contributed by atoms with Gasteiger partial charge >= 0.3 is 0 Å². The maximum atomic E-state index is 8.86. The molecule has 2 heterocycles. The van der Waals surface area contributed by atoms with Crippen LogP contribution >= 0.6 is 0 Å². The molecule has 0 saturated carbocycles. The molecule has 0 aromatic carbocycles. The van der Waals surface area contributed by atoms with E-state index in [0.717, 1.165) is 39.3 Å². The maximum Gasteiger partial charge on any atom is 0.0950 e. The van der Waals surface area contributed by atoms with Crippen molar-refractivity contribution >= 4 is 0 Å². The first kappa shape index (κ1) is 11.8. The minimum absolute atomic E-state index is 0.0601. The Morgan fingerprint density at radius 1 is 1.38 bits per heavy atom. The normalized spacial score (nSPS) is 30.1. The molecule has 0 aromatic rings. The first-order valence-electron chi connectivity index (χ1n) is 6.27. The van der Waals surface area contributed by atoms with Crippen molar-refractivity contribution in [3.63, 3.8) is 0 Å². The summed E-state index contributed by atoms with van der Waals surface area (Å²) in [5.41, 5.74) is 0. The fourth-order valence-electron chi connectivity index (χ4n) is 2.49. The zero-order valence-electron chi connectivity index (χ0n) is 10.1. The zero-order chi connectivity index (χ0) is 11.4. The molecule has 0 unspecified atom stereocenters. The largest absolute Gasteiger partial charge is 0.377 e. The number of hydrogen-bond acceptors (Lipinski definition) is 4. The second-order valence-electron chi connectivity index (χ2n) is 4.78. The van der Waals surface area contributed by atoms with Crippen LogP contribution in [0.15, 0.2) is 0 Å². The number of ether oxygens (including phenoxy) is 1. The minimum Gasteiger partial charge on any atom is -0.377 e. The monoisotopic (exact) mass is 223 g/mol. The van der Waals surface area contributed by atoms with Crippen LogP contribution in [0.5, 0.6) is 0 Å². The molecule has 2 aliphatic heterocycles. The van der Waals surface area contributed by atoms with Crippen molar-refractivity contribution in [3.05, 3.63) is 0 Å². The van der Waals surface area contributed by atoms with Gasteiger partial charge in [-0.3, -0.25) is 9.80 Å². The summed E-state index contributed by atoms with van der Waals surface area (Å²) >= 11 is 0. The molecule has 4 nitrogen and oxygen atoms in total. The van der Waals surface area contributed by atoms with Gasteiger partial charge in [-0.15, -0.1) is 0 Å². The Labute approximate surface area is 97.8 Å². The van der Waals surface area contributed by atoms with Crippen LogP contribution in [0.2, 0.25) is 0 Å². The Bertz CT molecular complexity index is 249. The molecule has 0 radical (unpaired) electrons. The molecule has 0 amide bonds. The molecule has 0 aromatic heterocycles. The molecule has 2 fully saturated rings. The van der Waals surface area contributed by atoms with Crippen molar-refractivity contribution in [1.82, 2.24) is 9.80 Å². The topological polar surface area (TPSA) is 39.5 Å². The average Bonchev–Trinajstić information content (AvgIpc) is 2.82. The predicted octanol–water partition coefficient (Wildman–Crippen LogP) is 0.695. The zero-order valence-corrected chi connectivity index (χ0v) is 10.1. The van der Waals surface area contributed by atoms with E-state index in [9.17, 15) is 0 Å². The van der Waals surface area contributed by atoms with Gasteiger partial charge in [-0.1, -0.05) is 0 Å². The molecule has 4 heteroatoms. The van der Waals surface area contributed by atoms with Crippen LogP contribution in [-0.4, -0.2) is 61.3 Å². The molecule has 0 bridgehead atoms. The van der Waals surface area contributed by atoms with Gasteiger partial charge in [-0.25, -0.2) is 0 Å². The van der Waals surface area contributed by atoms with Gasteiger partial charge in [0.2, 0.25) is 0 Å². The molecule has 0 aliphatic carbocycles. The molecule has 16 heavy (non-hydrogen) atoms. The van der Waals surface area contributed by atoms with E-state index in [1.165, 1.54) is 12.8 Å². The lowest BCUT2D eigenvalue weighted by Crippen LogP contribution is -2.50. The van der Waals surface area contributed by atoms with Crippen molar-refractivity contribution < 1.29 is 4.74 Å². The number of piperazine rings is 1. The number of rotatable bonds is 3. The van der Waals surface area contributed by atoms with E-state index >= 15 is 0 Å². The van der Waals surface area contributed by atoms with Gasteiger partial charge in [0.05, 0.1) is 18.2 Å². The van der Waals surface area contributed by atoms with Crippen LogP contribution in [0.3, 0.4) is 0 Å². The lowest BCUT2D eigenvalue weighted by Gasteiger charge is -2.36. The molecule has 90 valence electrons. The summed E-state index contributed by atoms with van der Waals surface area (Å²) in [6, 6.07) is 2.37. The third kappa shape index (κ3) is 2.94. The van der Waals surface area contributed by atoms with Crippen LogP contribution < -0.4 is 0 Å². The van der Waals surface area contributed by atoms with E-state index in [4.69, 9.17) is 10.00 Å². The van der Waals surface area contributed by atoms with E-state index in [1.54, 1.807) is 0 Å². The van der Waals surface area contributed by atoms with Crippen LogP contribution in [0.4, 0.5) is 0 Å². The van der Waals surface area contributed by atoms with Crippen LogP contribution in [0.25, 0.3) is 0 Å². The van der Waals surface area contributed by atoms with Crippen molar-refractivity contribution in [1.29, 1.82) is 5.26 Å². The maximum absolute atomic E-state index is 8.86. The SMILES string of the molecule is C[C@@H](C#N)N1CCN(C[C@H]2CCCO2)CC1. The van der Waals surface area contributed by atoms with Gasteiger partial charge in [0.15, 0.2) is 0 Å². The van der Waals surface area contributed by atoms with E-state index in [2.05, 4.69) is 15.9 Å². The van der Waals surface area contributed by atoms with Crippen LogP contribution in [-0.2, 0) is 4.74 Å². The third-order valence-electron chi connectivity index (χ3n) is 3.63. The molecule has 0 spiro atoms. The summed E-state index contributed by atoms with van der Waals surface area (Å²) in [7, 11) is 0. The van der Waals surface area contributed by atoms with Crippen molar-refractivity contribution in [2.45, 2.75) is 31.9 Å². The summed E-state index contributed by atoms with van der Waals surface area (Å²) in [4.78, 5) is 4.72. The summed E-state index contributed by atoms with van der Waals surface area (Å²) in [6.45, 7) is 8.18. The summed E-state index contributed by atoms with van der Waals surface area (Å²) < 4.78 is 5.64. The lowest BCUT2D eigenvalue weighted by molar-refractivity contribution is 0.0470. The number of nitriles is 1. The molecule has 2 atom stereocenters. The predicted molar refractivity (Wildman–Crippen MR) is 62.1 cm³/mol. The highest BCUT2D eigenvalue weighted by atomic mass is 16.5. The van der Waals surface area contributed by atoms with Gasteiger partial charge in [0.25, 0.3) is 0 Å². The highest BCUT2D eigenvalue weighted by Crippen LogP contribution is 2.14. The Hall–Kier alpha value is -0.630. The van der Waals surface area contributed by atoms with E-state index in [1.807, 2.05) is 6.92 Å². The summed E-state index contributed by atoms with van der Waals surface area (Å²) in [5.74, 6) is 0. The molecule has 2 saturated heterocycles. The summed E-state index contributed by atoms with van der Waals surface area (Å²) in [6.07, 6.45) is 2.89. The first-order chi connectivity index (χ1) is 7.79. The van der Waals surface area contributed by atoms with Crippen molar-refractivity contribution in [2.24, 2.45) is 0 Å². The summed E-state index contributed by atoms with van der Waals surface area (Å²) in [5, 5.41) is 8.86. The van der Waals surface area contributed by atoms with E-state index in [0.29, 0.717) is 6.10 Å². The van der Waals surface area contributed by atoms with Gasteiger partial charge in [-0.05, 0) is 19.8 Å². The highest BCUT2D eigenvalue weighted by Gasteiger charge is 2.24. The standard InChI is InChI=1S/C12H21N3O/c1-11(9-13)15-6-4-14(5-7-15)10-12-3-2-8-16-12/h11-12H,2-8,10H2,1H3/t11-,12+/m0/s1. The molecule has 2 rings (SSSR count).